The third-order valence-electron chi connectivity index (χ3n) is 6.80. The van der Waals surface area contributed by atoms with Gasteiger partial charge >= 0.3 is 0 Å². The van der Waals surface area contributed by atoms with Crippen molar-refractivity contribution < 1.29 is 9.59 Å². The van der Waals surface area contributed by atoms with Crippen molar-refractivity contribution in [1.29, 1.82) is 0 Å². The molecule has 3 aromatic carbocycles. The SMILES string of the molecule is CCCCN(CC(=O)c1c(C(C)C)[nH]n(-c2ccc(Cl)cc2)c1=O)C(=O)C(c1ccccc1)c1ccccc1. The fourth-order valence-electron chi connectivity index (χ4n) is 4.73. The van der Waals surface area contributed by atoms with Crippen LogP contribution in [0.25, 0.3) is 5.69 Å². The molecule has 6 nitrogen and oxygen atoms in total. The first kappa shape index (κ1) is 28.1. The largest absolute Gasteiger partial charge is 0.334 e. The molecule has 0 saturated carbocycles. The molecule has 0 aliphatic rings. The molecule has 0 aliphatic carbocycles. The second-order valence-electron chi connectivity index (χ2n) is 9.96. The van der Waals surface area contributed by atoms with E-state index in [-0.39, 0.29) is 29.7 Å². The van der Waals surface area contributed by atoms with Gasteiger partial charge in [-0.15, -0.1) is 0 Å². The topological polar surface area (TPSA) is 75.2 Å². The van der Waals surface area contributed by atoms with E-state index in [0.717, 1.165) is 24.0 Å². The molecule has 0 spiro atoms. The molecule has 1 amide bonds. The highest BCUT2D eigenvalue weighted by molar-refractivity contribution is 6.30. The molecule has 1 heterocycles. The normalized spacial score (nSPS) is 11.2. The molecule has 0 radical (unpaired) electrons. The number of amides is 1. The minimum Gasteiger partial charge on any atom is -0.334 e. The molecule has 0 fully saturated rings. The summed E-state index contributed by atoms with van der Waals surface area (Å²) in [5.74, 6) is -1.20. The molecule has 0 atom stereocenters. The van der Waals surface area contributed by atoms with Crippen LogP contribution in [0.1, 0.15) is 72.6 Å². The predicted molar refractivity (Wildman–Crippen MR) is 156 cm³/mol. The van der Waals surface area contributed by atoms with Crippen molar-refractivity contribution in [3.8, 4) is 5.69 Å². The summed E-state index contributed by atoms with van der Waals surface area (Å²) in [5.41, 5.74) is 2.50. The average molecular weight is 544 g/mol. The standard InChI is InChI=1S/C32H34ClN3O3/c1-4-5-20-35(31(38)28(23-12-8-6-9-13-23)24-14-10-7-11-15-24)21-27(37)29-30(22(2)3)34-36(32(29)39)26-18-16-25(33)17-19-26/h6-19,22,28,34H,4-5,20-21H2,1-3H3. The lowest BCUT2D eigenvalue weighted by Gasteiger charge is -2.27. The van der Waals surface area contributed by atoms with Gasteiger partial charge in [-0.2, -0.15) is 0 Å². The molecule has 0 bridgehead atoms. The Balaban J connectivity index is 1.72. The predicted octanol–water partition coefficient (Wildman–Crippen LogP) is 6.59. The van der Waals surface area contributed by atoms with E-state index < -0.39 is 11.5 Å². The highest BCUT2D eigenvalue weighted by Crippen LogP contribution is 2.28. The number of aromatic nitrogens is 2. The number of hydrogen-bond donors (Lipinski definition) is 1. The van der Waals surface area contributed by atoms with E-state index in [1.165, 1.54) is 4.68 Å². The van der Waals surface area contributed by atoms with E-state index in [2.05, 4.69) is 5.10 Å². The number of ketones is 1. The zero-order chi connectivity index (χ0) is 27.9. The number of rotatable bonds is 11. The van der Waals surface area contributed by atoms with Gasteiger partial charge < -0.3 is 4.90 Å². The first-order valence-corrected chi connectivity index (χ1v) is 13.7. The van der Waals surface area contributed by atoms with Crippen molar-refractivity contribution in [1.82, 2.24) is 14.7 Å². The number of benzene rings is 3. The summed E-state index contributed by atoms with van der Waals surface area (Å²) in [5, 5.41) is 3.67. The van der Waals surface area contributed by atoms with Crippen LogP contribution in [0.2, 0.25) is 5.02 Å². The Morgan fingerprint density at radius 1 is 0.897 bits per heavy atom. The Morgan fingerprint density at radius 2 is 1.46 bits per heavy atom. The summed E-state index contributed by atoms with van der Waals surface area (Å²) in [6.07, 6.45) is 1.61. The second kappa shape index (κ2) is 12.8. The van der Waals surface area contributed by atoms with E-state index >= 15 is 0 Å². The number of nitrogens with one attached hydrogen (secondary N) is 1. The van der Waals surface area contributed by atoms with E-state index in [9.17, 15) is 14.4 Å². The van der Waals surface area contributed by atoms with Crippen molar-refractivity contribution in [2.24, 2.45) is 0 Å². The van der Waals surface area contributed by atoms with Crippen LogP contribution in [0.4, 0.5) is 0 Å². The number of hydrogen-bond acceptors (Lipinski definition) is 3. The average Bonchev–Trinajstić information content (AvgIpc) is 3.30. The molecule has 4 rings (SSSR count). The van der Waals surface area contributed by atoms with Crippen molar-refractivity contribution in [2.75, 3.05) is 13.1 Å². The number of carbonyl (C=O) groups excluding carboxylic acids is 2. The molecule has 39 heavy (non-hydrogen) atoms. The second-order valence-corrected chi connectivity index (χ2v) is 10.4. The quantitative estimate of drug-likeness (QED) is 0.217. The fraction of sp³-hybridized carbons (Fsp3) is 0.281. The van der Waals surface area contributed by atoms with Crippen LogP contribution in [0.3, 0.4) is 0 Å². The van der Waals surface area contributed by atoms with Crippen molar-refractivity contribution in [3.63, 3.8) is 0 Å². The van der Waals surface area contributed by atoms with Gasteiger partial charge in [-0.3, -0.25) is 19.5 Å². The van der Waals surface area contributed by atoms with Crippen LogP contribution in [-0.2, 0) is 4.79 Å². The molecule has 1 aromatic heterocycles. The molecule has 0 unspecified atom stereocenters. The lowest BCUT2D eigenvalue weighted by Crippen LogP contribution is -2.41. The lowest BCUT2D eigenvalue weighted by atomic mass is 9.89. The van der Waals surface area contributed by atoms with Crippen LogP contribution < -0.4 is 5.56 Å². The van der Waals surface area contributed by atoms with Crippen molar-refractivity contribution in [2.45, 2.75) is 45.4 Å². The van der Waals surface area contributed by atoms with Gasteiger partial charge in [0.05, 0.1) is 23.8 Å². The van der Waals surface area contributed by atoms with E-state index in [1.54, 1.807) is 29.2 Å². The third kappa shape index (κ3) is 6.40. The van der Waals surface area contributed by atoms with Crippen LogP contribution in [0.5, 0.6) is 0 Å². The van der Waals surface area contributed by atoms with Crippen LogP contribution in [0, 0.1) is 0 Å². The van der Waals surface area contributed by atoms with Gasteiger partial charge in [-0.25, -0.2) is 4.68 Å². The smallest absolute Gasteiger partial charge is 0.282 e. The van der Waals surface area contributed by atoms with Gasteiger partial charge in [0, 0.05) is 11.6 Å². The highest BCUT2D eigenvalue weighted by Gasteiger charge is 2.31. The molecule has 0 aliphatic heterocycles. The first-order valence-electron chi connectivity index (χ1n) is 13.3. The Kier molecular flexibility index (Phi) is 9.20. The summed E-state index contributed by atoms with van der Waals surface area (Å²) in [6.45, 7) is 6.14. The van der Waals surface area contributed by atoms with E-state index in [4.69, 9.17) is 11.6 Å². The summed E-state index contributed by atoms with van der Waals surface area (Å²) in [6, 6.07) is 26.0. The van der Waals surface area contributed by atoms with Crippen molar-refractivity contribution in [3.05, 3.63) is 123 Å². The van der Waals surface area contributed by atoms with E-state index in [1.807, 2.05) is 81.4 Å². The zero-order valence-corrected chi connectivity index (χ0v) is 23.3. The van der Waals surface area contributed by atoms with Gasteiger partial charge in [0.1, 0.15) is 5.56 Å². The lowest BCUT2D eigenvalue weighted by molar-refractivity contribution is -0.131. The summed E-state index contributed by atoms with van der Waals surface area (Å²) >= 11 is 6.03. The van der Waals surface area contributed by atoms with Crippen LogP contribution in [0.15, 0.2) is 89.7 Å². The highest BCUT2D eigenvalue weighted by atomic mass is 35.5. The number of nitrogens with zero attached hydrogens (tertiary/aromatic N) is 2. The van der Waals surface area contributed by atoms with Gasteiger partial charge in [0.25, 0.3) is 5.56 Å². The maximum Gasteiger partial charge on any atom is 0.282 e. The van der Waals surface area contributed by atoms with Crippen molar-refractivity contribution >= 4 is 23.3 Å². The van der Waals surface area contributed by atoms with Gasteiger partial charge in [0.15, 0.2) is 5.78 Å². The minimum absolute atomic E-state index is 0.0882. The number of Topliss-reactive ketones (excluding diaryl/α,β-unsaturated/α-hetero) is 1. The molecular weight excluding hydrogens is 510 g/mol. The maximum atomic E-state index is 14.1. The molecular formula is C32H34ClN3O3. The van der Waals surface area contributed by atoms with Gasteiger partial charge in [0.2, 0.25) is 5.91 Å². The third-order valence-corrected chi connectivity index (χ3v) is 7.05. The van der Waals surface area contributed by atoms with E-state index in [0.29, 0.717) is 22.9 Å². The number of carbonyl (C=O) groups is 2. The Bertz CT molecular complexity index is 1420. The Morgan fingerprint density at radius 3 is 1.97 bits per heavy atom. The minimum atomic E-state index is -0.557. The van der Waals surface area contributed by atoms with Gasteiger partial charge in [-0.1, -0.05) is 99.5 Å². The van der Waals surface area contributed by atoms with Crippen LogP contribution >= 0.6 is 11.6 Å². The summed E-state index contributed by atoms with van der Waals surface area (Å²) in [4.78, 5) is 43.1. The Hall–Kier alpha value is -3.90. The number of aromatic amines is 1. The zero-order valence-electron chi connectivity index (χ0n) is 22.6. The Labute approximate surface area is 234 Å². The summed E-state index contributed by atoms with van der Waals surface area (Å²) in [7, 11) is 0. The molecule has 1 N–H and O–H groups in total. The molecule has 0 saturated heterocycles. The number of halogens is 1. The number of unbranched alkanes of at least 4 members (excludes halogenated alkanes) is 1. The molecule has 202 valence electrons. The molecule has 7 heteroatoms. The van der Waals surface area contributed by atoms with Gasteiger partial charge in [-0.05, 0) is 47.7 Å². The number of H-pyrrole nitrogens is 1. The first-order chi connectivity index (χ1) is 18.8. The maximum absolute atomic E-state index is 14.1. The van der Waals surface area contributed by atoms with Crippen LogP contribution in [-0.4, -0.2) is 39.5 Å². The summed E-state index contributed by atoms with van der Waals surface area (Å²) < 4.78 is 1.37. The fourth-order valence-corrected chi connectivity index (χ4v) is 4.86. The monoisotopic (exact) mass is 543 g/mol. The molecule has 4 aromatic rings.